The first-order chi connectivity index (χ1) is 10.0. The summed E-state index contributed by atoms with van der Waals surface area (Å²) in [6, 6.07) is 10.2. The van der Waals surface area contributed by atoms with Gasteiger partial charge < -0.3 is 4.74 Å². The molecule has 0 aliphatic heterocycles. The molecule has 0 saturated heterocycles. The summed E-state index contributed by atoms with van der Waals surface area (Å²) in [5.74, 6) is 0.939. The Bertz CT molecular complexity index is 661. The van der Waals surface area contributed by atoms with Crippen molar-refractivity contribution in [3.63, 3.8) is 0 Å². The Morgan fingerprint density at radius 1 is 1.19 bits per heavy atom. The first kappa shape index (κ1) is 15.0. The lowest BCUT2D eigenvalue weighted by Crippen LogP contribution is -1.97. The van der Waals surface area contributed by atoms with E-state index in [0.29, 0.717) is 0 Å². The molecule has 0 amide bonds. The van der Waals surface area contributed by atoms with Gasteiger partial charge in [0.15, 0.2) is 0 Å². The van der Waals surface area contributed by atoms with Gasteiger partial charge in [0.25, 0.3) is 0 Å². The Kier molecular flexibility index (Phi) is 4.59. The minimum atomic E-state index is 0.939. The molecule has 21 heavy (non-hydrogen) atoms. The molecule has 108 valence electrons. The van der Waals surface area contributed by atoms with E-state index < -0.39 is 0 Å². The number of hydrogen-bond donors (Lipinski definition) is 0. The topological polar surface area (TPSA) is 22.1 Å². The molecule has 0 N–H and O–H groups in total. The molecule has 0 atom stereocenters. The Morgan fingerprint density at radius 2 is 1.86 bits per heavy atom. The van der Waals surface area contributed by atoms with E-state index in [9.17, 15) is 0 Å². The number of ether oxygens (including phenoxy) is 1. The van der Waals surface area contributed by atoms with E-state index in [1.165, 1.54) is 0 Å². The van der Waals surface area contributed by atoms with Crippen LogP contribution in [0.4, 0.5) is 0 Å². The van der Waals surface area contributed by atoms with Gasteiger partial charge >= 0.3 is 0 Å². The fourth-order valence-electron chi connectivity index (χ4n) is 2.50. The van der Waals surface area contributed by atoms with Gasteiger partial charge in [0, 0.05) is 11.8 Å². The van der Waals surface area contributed by atoms with Crippen LogP contribution in [0, 0.1) is 13.8 Å². The molecule has 2 rings (SSSR count). The summed E-state index contributed by atoms with van der Waals surface area (Å²) >= 11 is 0. The monoisotopic (exact) mass is 279 g/mol. The maximum absolute atomic E-state index is 5.44. The predicted octanol–water partition coefficient (Wildman–Crippen LogP) is 4.71. The van der Waals surface area contributed by atoms with Crippen LogP contribution in [0.15, 0.2) is 54.8 Å². The number of aryl methyl sites for hydroxylation is 2. The van der Waals surface area contributed by atoms with Gasteiger partial charge in [-0.15, -0.1) is 0 Å². The smallest absolute Gasteiger partial charge is 0.124 e. The summed E-state index contributed by atoms with van der Waals surface area (Å²) in [4.78, 5) is 4.47. The summed E-state index contributed by atoms with van der Waals surface area (Å²) in [6.45, 7) is 10.1. The van der Waals surface area contributed by atoms with E-state index in [2.05, 4.69) is 43.6 Å². The summed E-state index contributed by atoms with van der Waals surface area (Å²) in [6.07, 6.45) is 3.88. The van der Waals surface area contributed by atoms with Crippen LogP contribution in [0.1, 0.15) is 29.3 Å². The van der Waals surface area contributed by atoms with Gasteiger partial charge in [-0.3, -0.25) is 4.98 Å². The second-order valence-electron chi connectivity index (χ2n) is 5.26. The lowest BCUT2D eigenvalue weighted by Gasteiger charge is -2.14. The molecule has 0 spiro atoms. The first-order valence-corrected chi connectivity index (χ1v) is 6.97. The van der Waals surface area contributed by atoms with Crippen molar-refractivity contribution < 1.29 is 4.74 Å². The Labute approximate surface area is 126 Å². The van der Waals surface area contributed by atoms with E-state index in [0.717, 1.165) is 39.3 Å². The molecule has 0 saturated carbocycles. The number of benzene rings is 1. The van der Waals surface area contributed by atoms with Crippen molar-refractivity contribution in [1.29, 1.82) is 0 Å². The molecule has 0 radical (unpaired) electrons. The lowest BCUT2D eigenvalue weighted by molar-refractivity contribution is 0.408. The van der Waals surface area contributed by atoms with Crippen LogP contribution in [0.3, 0.4) is 0 Å². The number of allylic oxidation sites excluding steroid dienone is 2. The highest BCUT2D eigenvalue weighted by molar-refractivity contribution is 5.80. The minimum absolute atomic E-state index is 0.939. The molecule has 2 nitrogen and oxygen atoms in total. The molecule has 2 heteroatoms. The van der Waals surface area contributed by atoms with Gasteiger partial charge in [-0.25, -0.2) is 0 Å². The third-order valence-corrected chi connectivity index (χ3v) is 3.31. The highest BCUT2D eigenvalue weighted by Crippen LogP contribution is 2.30. The zero-order valence-corrected chi connectivity index (χ0v) is 13.1. The van der Waals surface area contributed by atoms with Crippen molar-refractivity contribution in [3.8, 4) is 5.75 Å². The number of nitrogens with zero attached hydrogens (tertiary/aromatic N) is 1. The summed E-state index contributed by atoms with van der Waals surface area (Å²) < 4.78 is 5.44. The molecule has 0 aliphatic rings. The van der Waals surface area contributed by atoms with Crippen LogP contribution in [0.25, 0.3) is 5.57 Å². The maximum atomic E-state index is 5.44. The third kappa shape index (κ3) is 3.40. The highest BCUT2D eigenvalue weighted by atomic mass is 16.5. The fourth-order valence-corrected chi connectivity index (χ4v) is 2.50. The highest BCUT2D eigenvalue weighted by Gasteiger charge is 2.11. The third-order valence-electron chi connectivity index (χ3n) is 3.31. The van der Waals surface area contributed by atoms with E-state index in [4.69, 9.17) is 4.74 Å². The molecule has 2 aromatic rings. The summed E-state index contributed by atoms with van der Waals surface area (Å²) in [7, 11) is 1.71. The Morgan fingerprint density at radius 3 is 2.33 bits per heavy atom. The number of rotatable bonds is 4. The van der Waals surface area contributed by atoms with Gasteiger partial charge in [0.1, 0.15) is 5.75 Å². The van der Waals surface area contributed by atoms with E-state index in [-0.39, 0.29) is 0 Å². The van der Waals surface area contributed by atoms with Crippen molar-refractivity contribution in [3.05, 3.63) is 77.1 Å². The zero-order chi connectivity index (χ0) is 15.4. The first-order valence-electron chi connectivity index (χ1n) is 6.97. The number of pyridine rings is 1. The average Bonchev–Trinajstić information content (AvgIpc) is 2.45. The number of hydrogen-bond acceptors (Lipinski definition) is 2. The summed E-state index contributed by atoms with van der Waals surface area (Å²) in [5, 5.41) is 0. The van der Waals surface area contributed by atoms with Crippen molar-refractivity contribution in [2.75, 3.05) is 7.11 Å². The second kappa shape index (κ2) is 6.40. The van der Waals surface area contributed by atoms with Gasteiger partial charge in [0.2, 0.25) is 0 Å². The average molecular weight is 279 g/mol. The van der Waals surface area contributed by atoms with Crippen molar-refractivity contribution in [1.82, 2.24) is 4.98 Å². The molecule has 0 aliphatic carbocycles. The van der Waals surface area contributed by atoms with Gasteiger partial charge in [-0.05, 0) is 67.8 Å². The standard InChI is InChI=1S/C19H21NO/c1-13(2)10-17(18-8-6-7-9-20-18)16-11-14(3)19(21-5)15(4)12-16/h6-12H,1H2,2-5H3/b17-10+. The molecule has 1 aromatic heterocycles. The van der Waals surface area contributed by atoms with Crippen LogP contribution in [-0.4, -0.2) is 12.1 Å². The van der Waals surface area contributed by atoms with E-state index in [1.807, 2.05) is 31.3 Å². The van der Waals surface area contributed by atoms with Crippen LogP contribution in [0.5, 0.6) is 5.75 Å². The van der Waals surface area contributed by atoms with Crippen molar-refractivity contribution in [2.45, 2.75) is 20.8 Å². The Hall–Kier alpha value is -2.35. The fraction of sp³-hybridized carbons (Fsp3) is 0.211. The van der Waals surface area contributed by atoms with Crippen molar-refractivity contribution in [2.24, 2.45) is 0 Å². The lowest BCUT2D eigenvalue weighted by atomic mass is 9.96. The number of methoxy groups -OCH3 is 1. The number of aromatic nitrogens is 1. The molecule has 1 aromatic carbocycles. The van der Waals surface area contributed by atoms with E-state index >= 15 is 0 Å². The molecular formula is C19H21NO. The SMILES string of the molecule is C=C(C)/C=C(\c1cc(C)c(OC)c(C)c1)c1ccccn1. The van der Waals surface area contributed by atoms with Crippen LogP contribution >= 0.6 is 0 Å². The van der Waals surface area contributed by atoms with Crippen molar-refractivity contribution >= 4 is 5.57 Å². The molecule has 0 bridgehead atoms. The molecule has 0 fully saturated rings. The Balaban J connectivity index is 2.61. The quantitative estimate of drug-likeness (QED) is 0.756. The van der Waals surface area contributed by atoms with Gasteiger partial charge in [-0.1, -0.05) is 18.2 Å². The van der Waals surface area contributed by atoms with Crippen LogP contribution in [-0.2, 0) is 0 Å². The van der Waals surface area contributed by atoms with Crippen LogP contribution in [0.2, 0.25) is 0 Å². The summed E-state index contributed by atoms with van der Waals surface area (Å²) in [5.41, 5.74) is 6.41. The normalized spacial score (nSPS) is 11.3. The van der Waals surface area contributed by atoms with E-state index in [1.54, 1.807) is 7.11 Å². The van der Waals surface area contributed by atoms with Gasteiger partial charge in [0.05, 0.1) is 12.8 Å². The molecular weight excluding hydrogens is 258 g/mol. The molecule has 0 unspecified atom stereocenters. The maximum Gasteiger partial charge on any atom is 0.124 e. The largest absolute Gasteiger partial charge is 0.496 e. The van der Waals surface area contributed by atoms with Crippen LogP contribution < -0.4 is 4.74 Å². The predicted molar refractivity (Wildman–Crippen MR) is 88.6 cm³/mol. The minimum Gasteiger partial charge on any atom is -0.496 e. The zero-order valence-electron chi connectivity index (χ0n) is 13.1. The van der Waals surface area contributed by atoms with Gasteiger partial charge in [-0.2, -0.15) is 0 Å². The second-order valence-corrected chi connectivity index (χ2v) is 5.26. The molecule has 1 heterocycles.